The standard InChI is InChI=1S/C22H35N5O7S/c1-12(28)18(24)21(32)26-16(10-13-5-7-14(29)8-6-13)20(31)25-15(4-2-3-9-23)19(30)27-17(11-35)22(33)34/h5-8,12,15-18,28-29,35H,2-4,9-11,23-24H2,1H3,(H,25,31)(H,26,32)(H,27,30)(H,33,34). The molecule has 0 aliphatic heterocycles. The Bertz CT molecular complexity index is 853. The average molecular weight is 514 g/mol. The number of carboxylic acids is 1. The van der Waals surface area contributed by atoms with Crippen molar-refractivity contribution in [1.82, 2.24) is 16.0 Å². The van der Waals surface area contributed by atoms with Gasteiger partial charge in [0.05, 0.1) is 6.10 Å². The van der Waals surface area contributed by atoms with Crippen LogP contribution in [0.1, 0.15) is 31.7 Å². The lowest BCUT2D eigenvalue weighted by molar-refractivity contribution is -0.141. The van der Waals surface area contributed by atoms with E-state index in [4.69, 9.17) is 11.5 Å². The van der Waals surface area contributed by atoms with Gasteiger partial charge in [0.1, 0.15) is 29.9 Å². The molecule has 0 radical (unpaired) electrons. The van der Waals surface area contributed by atoms with Crippen LogP contribution in [-0.4, -0.2) is 81.6 Å². The SMILES string of the molecule is CC(O)C(N)C(=O)NC(Cc1ccc(O)cc1)C(=O)NC(CCCCN)C(=O)NC(CS)C(=O)O. The molecule has 1 aromatic carbocycles. The van der Waals surface area contributed by atoms with Crippen molar-refractivity contribution < 1.29 is 34.5 Å². The van der Waals surface area contributed by atoms with Crippen LogP contribution in [0.4, 0.5) is 0 Å². The van der Waals surface area contributed by atoms with E-state index in [2.05, 4.69) is 28.6 Å². The van der Waals surface area contributed by atoms with Crippen LogP contribution in [0.2, 0.25) is 0 Å². The number of carbonyl (C=O) groups excluding carboxylic acids is 3. The van der Waals surface area contributed by atoms with Crippen molar-refractivity contribution in [2.45, 2.75) is 62.9 Å². The van der Waals surface area contributed by atoms with Crippen molar-refractivity contribution in [3.8, 4) is 5.75 Å². The van der Waals surface area contributed by atoms with Crippen LogP contribution < -0.4 is 27.4 Å². The quantitative estimate of drug-likeness (QED) is 0.0957. The second-order valence-electron chi connectivity index (χ2n) is 8.13. The highest BCUT2D eigenvalue weighted by Crippen LogP contribution is 2.12. The van der Waals surface area contributed by atoms with Crippen LogP contribution in [0.15, 0.2) is 24.3 Å². The lowest BCUT2D eigenvalue weighted by Gasteiger charge is -2.25. The van der Waals surface area contributed by atoms with E-state index in [0.717, 1.165) is 0 Å². The summed E-state index contributed by atoms with van der Waals surface area (Å²) < 4.78 is 0. The number of carbonyl (C=O) groups is 4. The minimum absolute atomic E-state index is 0.00405. The fourth-order valence-electron chi connectivity index (χ4n) is 3.06. The number of amides is 3. The summed E-state index contributed by atoms with van der Waals surface area (Å²) in [5.74, 6) is -3.61. The summed E-state index contributed by atoms with van der Waals surface area (Å²) in [7, 11) is 0. The number of aromatic hydroxyl groups is 1. The monoisotopic (exact) mass is 513 g/mol. The van der Waals surface area contributed by atoms with Gasteiger partial charge in [-0.2, -0.15) is 12.6 Å². The summed E-state index contributed by atoms with van der Waals surface area (Å²) in [5, 5.41) is 35.7. The molecule has 5 atom stereocenters. The minimum atomic E-state index is -1.29. The molecule has 0 fully saturated rings. The van der Waals surface area contributed by atoms with E-state index in [1.54, 1.807) is 12.1 Å². The first-order chi connectivity index (χ1) is 16.5. The highest BCUT2D eigenvalue weighted by molar-refractivity contribution is 7.80. The second-order valence-corrected chi connectivity index (χ2v) is 8.49. The van der Waals surface area contributed by atoms with E-state index in [9.17, 15) is 34.5 Å². The van der Waals surface area contributed by atoms with Gasteiger partial charge in [0.15, 0.2) is 0 Å². The van der Waals surface area contributed by atoms with Crippen LogP contribution >= 0.6 is 12.6 Å². The maximum atomic E-state index is 13.2. The molecule has 0 aliphatic carbocycles. The molecule has 3 amide bonds. The highest BCUT2D eigenvalue weighted by Gasteiger charge is 2.30. The zero-order chi connectivity index (χ0) is 26.5. The van der Waals surface area contributed by atoms with E-state index in [1.807, 2.05) is 0 Å². The van der Waals surface area contributed by atoms with Crippen LogP contribution in [0.25, 0.3) is 0 Å². The van der Waals surface area contributed by atoms with Crippen molar-refractivity contribution in [2.75, 3.05) is 12.3 Å². The lowest BCUT2D eigenvalue weighted by atomic mass is 10.0. The summed E-state index contributed by atoms with van der Waals surface area (Å²) in [6.07, 6.45) is 0.0636. The average Bonchev–Trinajstić information content (AvgIpc) is 2.81. The molecule has 10 N–H and O–H groups in total. The number of hydrogen-bond acceptors (Lipinski definition) is 9. The molecule has 13 heteroatoms. The molecule has 0 saturated carbocycles. The number of aliphatic hydroxyl groups is 1. The Labute approximate surface area is 209 Å². The maximum absolute atomic E-state index is 13.2. The first kappa shape index (κ1) is 30.2. The maximum Gasteiger partial charge on any atom is 0.327 e. The molecule has 1 rings (SSSR count). The fourth-order valence-corrected chi connectivity index (χ4v) is 3.30. The number of aliphatic carboxylic acids is 1. The number of nitrogens with two attached hydrogens (primary N) is 2. The van der Waals surface area contributed by atoms with Crippen LogP contribution in [0.3, 0.4) is 0 Å². The van der Waals surface area contributed by atoms with Gasteiger partial charge in [-0.05, 0) is 50.4 Å². The Hall–Kier alpha value is -2.87. The smallest absolute Gasteiger partial charge is 0.327 e. The molecule has 12 nitrogen and oxygen atoms in total. The normalized spacial score (nSPS) is 15.2. The molecule has 0 spiro atoms. The van der Waals surface area contributed by atoms with Gasteiger partial charge in [-0.15, -0.1) is 0 Å². The molecule has 1 aromatic rings. The Morgan fingerprint density at radius 2 is 1.49 bits per heavy atom. The zero-order valence-electron chi connectivity index (χ0n) is 19.5. The third-order valence-corrected chi connectivity index (χ3v) is 5.57. The highest BCUT2D eigenvalue weighted by atomic mass is 32.1. The number of hydrogen-bond donors (Lipinski definition) is 9. The van der Waals surface area contributed by atoms with E-state index < -0.39 is 54.0 Å². The number of benzene rings is 1. The van der Waals surface area contributed by atoms with Crippen molar-refractivity contribution in [1.29, 1.82) is 0 Å². The molecule has 0 aromatic heterocycles. The van der Waals surface area contributed by atoms with E-state index in [1.165, 1.54) is 19.1 Å². The minimum Gasteiger partial charge on any atom is -0.508 e. The largest absolute Gasteiger partial charge is 0.508 e. The Morgan fingerprint density at radius 3 is 2.00 bits per heavy atom. The van der Waals surface area contributed by atoms with E-state index >= 15 is 0 Å². The first-order valence-electron chi connectivity index (χ1n) is 11.2. The summed E-state index contributed by atoms with van der Waals surface area (Å²) >= 11 is 3.93. The number of rotatable bonds is 15. The number of aliphatic hydroxyl groups excluding tert-OH is 1. The van der Waals surface area contributed by atoms with Gasteiger partial charge in [-0.3, -0.25) is 14.4 Å². The third kappa shape index (κ3) is 10.5. The summed E-state index contributed by atoms with van der Waals surface area (Å²) in [4.78, 5) is 49.7. The Morgan fingerprint density at radius 1 is 0.943 bits per heavy atom. The van der Waals surface area contributed by atoms with Crippen molar-refractivity contribution in [3.63, 3.8) is 0 Å². The molecule has 0 bridgehead atoms. The summed E-state index contributed by atoms with van der Waals surface area (Å²) in [6.45, 7) is 1.70. The Balaban J connectivity index is 3.10. The van der Waals surface area contributed by atoms with Crippen LogP contribution in [-0.2, 0) is 25.6 Å². The van der Waals surface area contributed by atoms with Crippen LogP contribution in [0, 0.1) is 0 Å². The molecule has 35 heavy (non-hydrogen) atoms. The number of phenolic OH excluding ortho intramolecular Hbond substituents is 1. The summed E-state index contributed by atoms with van der Waals surface area (Å²) in [5.41, 5.74) is 11.8. The molecule has 0 aliphatic rings. The topological polar surface area (TPSA) is 217 Å². The van der Waals surface area contributed by atoms with Gasteiger partial charge in [-0.1, -0.05) is 12.1 Å². The predicted molar refractivity (Wildman–Crippen MR) is 132 cm³/mol. The van der Waals surface area contributed by atoms with Gasteiger partial charge in [0.25, 0.3) is 0 Å². The molecule has 0 saturated heterocycles. The number of phenols is 1. The van der Waals surface area contributed by atoms with Gasteiger partial charge < -0.3 is 42.7 Å². The van der Waals surface area contributed by atoms with Crippen molar-refractivity contribution >= 4 is 36.3 Å². The molecule has 0 heterocycles. The number of unbranched alkanes of at least 4 members (excludes halogenated alkanes) is 1. The van der Waals surface area contributed by atoms with E-state index in [0.29, 0.717) is 24.9 Å². The molecule has 5 unspecified atom stereocenters. The fraction of sp³-hybridized carbons (Fsp3) is 0.545. The number of thiol groups is 1. The first-order valence-corrected chi connectivity index (χ1v) is 11.8. The molecular weight excluding hydrogens is 478 g/mol. The zero-order valence-corrected chi connectivity index (χ0v) is 20.4. The van der Waals surface area contributed by atoms with Gasteiger partial charge in [-0.25, -0.2) is 4.79 Å². The van der Waals surface area contributed by atoms with Crippen molar-refractivity contribution in [3.05, 3.63) is 29.8 Å². The summed E-state index contributed by atoms with van der Waals surface area (Å²) in [6, 6.07) is 1.14. The lowest BCUT2D eigenvalue weighted by Crippen LogP contribution is -2.58. The third-order valence-electron chi connectivity index (χ3n) is 5.21. The van der Waals surface area contributed by atoms with E-state index in [-0.39, 0.29) is 24.3 Å². The van der Waals surface area contributed by atoms with Gasteiger partial charge in [0, 0.05) is 12.2 Å². The second kappa shape index (κ2) is 15.2. The molecular formula is C22H35N5O7S. The van der Waals surface area contributed by atoms with Crippen molar-refractivity contribution in [2.24, 2.45) is 11.5 Å². The molecule has 196 valence electrons. The number of carboxylic acid groups (broad SMARTS) is 1. The van der Waals surface area contributed by atoms with Gasteiger partial charge >= 0.3 is 5.97 Å². The van der Waals surface area contributed by atoms with Gasteiger partial charge in [0.2, 0.25) is 17.7 Å². The Kier molecular flexibility index (Phi) is 13.1. The van der Waals surface area contributed by atoms with Crippen LogP contribution in [0.5, 0.6) is 5.75 Å². The number of nitrogens with one attached hydrogen (secondary N) is 3. The predicted octanol–water partition coefficient (Wildman–Crippen LogP) is -1.76.